The maximum absolute atomic E-state index is 12.2. The van der Waals surface area contributed by atoms with Gasteiger partial charge in [-0.1, -0.05) is 50.6 Å². The van der Waals surface area contributed by atoms with Crippen LogP contribution in [0.4, 0.5) is 0 Å². The number of rotatable bonds is 2. The van der Waals surface area contributed by atoms with Crippen molar-refractivity contribution in [2.45, 2.75) is 47.0 Å². The van der Waals surface area contributed by atoms with Crippen LogP contribution >= 0.6 is 11.8 Å². The van der Waals surface area contributed by atoms with Crippen LogP contribution < -0.4 is 5.32 Å². The Morgan fingerprint density at radius 2 is 1.92 bits per heavy atom. The Balaban J connectivity index is 1.53. The molecule has 1 aromatic carbocycles. The molecule has 2 aliphatic carbocycles. The van der Waals surface area contributed by atoms with Gasteiger partial charge in [0.2, 0.25) is 0 Å². The van der Waals surface area contributed by atoms with Gasteiger partial charge in [0.1, 0.15) is 0 Å². The lowest BCUT2D eigenvalue weighted by atomic mass is 9.70. The van der Waals surface area contributed by atoms with E-state index in [-0.39, 0.29) is 16.7 Å². The van der Waals surface area contributed by atoms with Crippen LogP contribution in [-0.4, -0.2) is 16.8 Å². The van der Waals surface area contributed by atoms with E-state index in [0.29, 0.717) is 16.0 Å². The van der Waals surface area contributed by atoms with Gasteiger partial charge < -0.3 is 0 Å². The van der Waals surface area contributed by atoms with Crippen LogP contribution in [0.5, 0.6) is 0 Å². The van der Waals surface area contributed by atoms with Gasteiger partial charge in [0.15, 0.2) is 5.17 Å². The van der Waals surface area contributed by atoms with Gasteiger partial charge >= 0.3 is 0 Å². The number of amidine groups is 1. The van der Waals surface area contributed by atoms with Crippen LogP contribution in [0.3, 0.4) is 0 Å². The second-order valence-electron chi connectivity index (χ2n) is 8.42. The lowest BCUT2D eigenvalue weighted by molar-refractivity contribution is -0.115. The number of carbonyl (C=O) groups excluding carboxylic acids is 1. The molecule has 0 unspecified atom stereocenters. The van der Waals surface area contributed by atoms with E-state index >= 15 is 0 Å². The number of hydrogen-bond acceptors (Lipinski definition) is 4. The predicted molar refractivity (Wildman–Crippen MR) is 109 cm³/mol. The first-order valence-electron chi connectivity index (χ1n) is 9.22. The smallest absolute Gasteiger partial charge is 0.264 e. The van der Waals surface area contributed by atoms with E-state index < -0.39 is 0 Å². The normalized spacial score (nSPS) is 34.2. The molecule has 2 atom stereocenters. The summed E-state index contributed by atoms with van der Waals surface area (Å²) in [6.45, 7) is 9.08. The molecule has 1 aromatic rings. The minimum Gasteiger partial charge on any atom is -0.299 e. The van der Waals surface area contributed by atoms with E-state index in [1.807, 2.05) is 30.3 Å². The van der Waals surface area contributed by atoms with Gasteiger partial charge in [0.05, 0.1) is 4.91 Å². The van der Waals surface area contributed by atoms with E-state index in [0.717, 1.165) is 12.0 Å². The molecule has 5 heteroatoms. The molecule has 4 nitrogen and oxygen atoms in total. The molecule has 4 rings (SSSR count). The molecule has 3 aliphatic rings. The predicted octanol–water partition coefficient (Wildman–Crippen LogP) is 4.76. The van der Waals surface area contributed by atoms with Crippen molar-refractivity contribution < 1.29 is 4.79 Å². The molecule has 1 N–H and O–H groups in total. The molecule has 3 fully saturated rings. The number of fused-ring (bicyclic) bond motifs is 2. The third-order valence-corrected chi connectivity index (χ3v) is 7.70. The number of carbonyl (C=O) groups is 1. The molecule has 0 aromatic heterocycles. The molecule has 2 bridgehead atoms. The molecular weight excluding hydrogens is 342 g/mol. The molecule has 0 spiro atoms. The standard InChI is InChI=1S/C21H25N3OS/c1-13-5-7-14(8-6-13)11-16-18(25)22-19(26-16)24-23-17-12-15-9-10-21(17,4)20(15,2)3/h5-8,11,15H,9-10,12H2,1-4H3,(H,22,24,25)/b16-11-,23-17+/t15-,21+/m1/s1. The summed E-state index contributed by atoms with van der Waals surface area (Å²) in [5.41, 5.74) is 3.83. The highest BCUT2D eigenvalue weighted by molar-refractivity contribution is 8.18. The highest BCUT2D eigenvalue weighted by Gasteiger charge is 2.60. The fourth-order valence-electron chi connectivity index (χ4n) is 4.47. The van der Waals surface area contributed by atoms with E-state index in [1.165, 1.54) is 35.9 Å². The van der Waals surface area contributed by atoms with Crippen molar-refractivity contribution in [3.63, 3.8) is 0 Å². The van der Waals surface area contributed by atoms with E-state index in [9.17, 15) is 4.79 Å². The number of aryl methyl sites for hydroxylation is 1. The fraction of sp³-hybridized carbons (Fsp3) is 0.476. The maximum atomic E-state index is 12.2. The first-order valence-corrected chi connectivity index (χ1v) is 10.0. The van der Waals surface area contributed by atoms with Gasteiger partial charge in [0, 0.05) is 11.1 Å². The van der Waals surface area contributed by atoms with Crippen molar-refractivity contribution in [1.29, 1.82) is 0 Å². The van der Waals surface area contributed by atoms with Gasteiger partial charge in [-0.2, -0.15) is 5.10 Å². The summed E-state index contributed by atoms with van der Waals surface area (Å²) in [6.07, 6.45) is 5.41. The topological polar surface area (TPSA) is 53.8 Å². The van der Waals surface area contributed by atoms with Gasteiger partial charge in [-0.3, -0.25) is 10.1 Å². The van der Waals surface area contributed by atoms with Gasteiger partial charge in [-0.25, -0.2) is 0 Å². The quantitative estimate of drug-likeness (QED) is 0.605. The average molecular weight is 368 g/mol. The zero-order valence-electron chi connectivity index (χ0n) is 15.8. The molecule has 1 amide bonds. The maximum Gasteiger partial charge on any atom is 0.264 e. The first-order chi connectivity index (χ1) is 12.3. The summed E-state index contributed by atoms with van der Waals surface area (Å²) in [4.78, 5) is 12.9. The fourth-order valence-corrected chi connectivity index (χ4v) is 5.25. The summed E-state index contributed by atoms with van der Waals surface area (Å²) in [7, 11) is 0. The van der Waals surface area contributed by atoms with Gasteiger partial charge in [-0.15, -0.1) is 5.10 Å². The Morgan fingerprint density at radius 1 is 1.19 bits per heavy atom. The number of amides is 1. The number of hydrogen-bond donors (Lipinski definition) is 1. The number of thioether (sulfide) groups is 1. The molecule has 0 radical (unpaired) electrons. The molecule has 136 valence electrons. The van der Waals surface area contributed by atoms with Crippen molar-refractivity contribution in [3.05, 3.63) is 40.3 Å². The van der Waals surface area contributed by atoms with E-state index in [4.69, 9.17) is 0 Å². The van der Waals surface area contributed by atoms with Gasteiger partial charge in [-0.05, 0) is 60.9 Å². The SMILES string of the molecule is Cc1ccc(/C=C2\S/C(=N\N=C3/C[C@H]4CC[C@]3(C)C4(C)C)NC2=O)cc1. The third kappa shape index (κ3) is 2.73. The summed E-state index contributed by atoms with van der Waals surface area (Å²) < 4.78 is 0. The molecule has 1 aliphatic heterocycles. The Bertz CT molecular complexity index is 851. The summed E-state index contributed by atoms with van der Waals surface area (Å²) >= 11 is 1.36. The minimum absolute atomic E-state index is 0.103. The monoisotopic (exact) mass is 367 g/mol. The zero-order chi connectivity index (χ0) is 18.5. The number of benzene rings is 1. The Hall–Kier alpha value is -1.88. The van der Waals surface area contributed by atoms with Crippen molar-refractivity contribution in [3.8, 4) is 0 Å². The lowest BCUT2D eigenvalue weighted by Gasteiger charge is -2.34. The van der Waals surface area contributed by atoms with E-state index in [1.54, 1.807) is 0 Å². The zero-order valence-corrected chi connectivity index (χ0v) is 16.6. The van der Waals surface area contributed by atoms with Gasteiger partial charge in [0.25, 0.3) is 5.91 Å². The average Bonchev–Trinajstić information content (AvgIpc) is 3.12. The second-order valence-corrected chi connectivity index (χ2v) is 9.45. The van der Waals surface area contributed by atoms with Crippen molar-refractivity contribution >= 4 is 34.6 Å². The van der Waals surface area contributed by atoms with E-state index in [2.05, 4.69) is 43.2 Å². The van der Waals surface area contributed by atoms with Crippen LogP contribution in [0, 0.1) is 23.7 Å². The summed E-state index contributed by atoms with van der Waals surface area (Å²) in [5.74, 6) is 0.600. The Kier molecular flexibility index (Phi) is 4.10. The Morgan fingerprint density at radius 3 is 2.54 bits per heavy atom. The largest absolute Gasteiger partial charge is 0.299 e. The summed E-state index contributed by atoms with van der Waals surface area (Å²) in [5, 5.41) is 12.4. The van der Waals surface area contributed by atoms with Crippen LogP contribution in [0.1, 0.15) is 51.2 Å². The Labute approximate surface area is 159 Å². The third-order valence-electron chi connectivity index (χ3n) is 6.80. The van der Waals surface area contributed by atoms with Crippen LogP contribution in [0.2, 0.25) is 0 Å². The van der Waals surface area contributed by atoms with Crippen LogP contribution in [-0.2, 0) is 4.79 Å². The van der Waals surface area contributed by atoms with Crippen molar-refractivity contribution in [2.75, 3.05) is 0 Å². The minimum atomic E-state index is -0.103. The van der Waals surface area contributed by atoms with Crippen molar-refractivity contribution in [1.82, 2.24) is 5.32 Å². The summed E-state index contributed by atoms with van der Waals surface area (Å²) in [6, 6.07) is 8.12. The molecule has 1 heterocycles. The molecule has 1 saturated heterocycles. The molecule has 26 heavy (non-hydrogen) atoms. The number of nitrogens with one attached hydrogen (secondary N) is 1. The van der Waals surface area contributed by atoms with Crippen LogP contribution in [0.25, 0.3) is 6.08 Å². The second kappa shape index (κ2) is 6.08. The number of nitrogens with zero attached hydrogens (tertiary/aromatic N) is 2. The highest BCUT2D eigenvalue weighted by atomic mass is 32.2. The first kappa shape index (κ1) is 17.5. The highest BCUT2D eigenvalue weighted by Crippen LogP contribution is 2.64. The van der Waals surface area contributed by atoms with Crippen molar-refractivity contribution in [2.24, 2.45) is 27.0 Å². The van der Waals surface area contributed by atoms with Crippen LogP contribution in [0.15, 0.2) is 39.4 Å². The molecular formula is C21H25N3OS. The molecule has 2 saturated carbocycles. The lowest BCUT2D eigenvalue weighted by Crippen LogP contribution is -2.32.